The van der Waals surface area contributed by atoms with Gasteiger partial charge in [0.05, 0.1) is 0 Å². The normalized spacial score (nSPS) is 16.9. The fourth-order valence-electron chi connectivity index (χ4n) is 2.03. The maximum atomic E-state index is 12.2. The molecule has 2 heterocycles. The minimum atomic E-state index is -0.155. The zero-order valence-corrected chi connectivity index (χ0v) is 12.6. The number of hydrogen-bond donors (Lipinski definition) is 2. The van der Waals surface area contributed by atoms with Crippen LogP contribution in [0.1, 0.15) is 17.3 Å². The Balaban J connectivity index is 2.01. The fraction of sp³-hybridized carbons (Fsp3) is 0.538. The number of pyridine rings is 1. The van der Waals surface area contributed by atoms with Crippen LogP contribution in [0.4, 0.5) is 5.82 Å². The van der Waals surface area contributed by atoms with Crippen molar-refractivity contribution in [3.63, 3.8) is 0 Å². The lowest BCUT2D eigenvalue weighted by Gasteiger charge is -2.32. The Morgan fingerprint density at radius 2 is 2.05 bits per heavy atom. The van der Waals surface area contributed by atoms with Crippen LogP contribution in [0.2, 0.25) is 5.15 Å². The second kappa shape index (κ2) is 6.88. The molecule has 1 aromatic rings. The molecule has 7 heteroatoms. The summed E-state index contributed by atoms with van der Waals surface area (Å²) in [5, 5.41) is 5.30. The zero-order valence-electron chi connectivity index (χ0n) is 11.8. The third kappa shape index (κ3) is 4.06. The number of halogens is 1. The third-order valence-electron chi connectivity index (χ3n) is 3.18. The second-order valence-electron chi connectivity index (χ2n) is 4.83. The van der Waals surface area contributed by atoms with Gasteiger partial charge in [-0.05, 0) is 26.1 Å². The Hall–Kier alpha value is -1.37. The molecule has 2 rings (SSSR count). The van der Waals surface area contributed by atoms with Crippen molar-refractivity contribution >= 4 is 23.3 Å². The summed E-state index contributed by atoms with van der Waals surface area (Å²) in [6.45, 7) is 6.22. The van der Waals surface area contributed by atoms with Gasteiger partial charge in [0.1, 0.15) is 11.0 Å². The van der Waals surface area contributed by atoms with Gasteiger partial charge in [-0.15, -0.1) is 0 Å². The van der Waals surface area contributed by atoms with Gasteiger partial charge in [-0.3, -0.25) is 10.2 Å². The Kier molecular flexibility index (Phi) is 5.17. The van der Waals surface area contributed by atoms with Gasteiger partial charge in [-0.2, -0.15) is 0 Å². The van der Waals surface area contributed by atoms with Crippen molar-refractivity contribution in [3.8, 4) is 0 Å². The van der Waals surface area contributed by atoms with Crippen molar-refractivity contribution in [1.29, 1.82) is 0 Å². The first-order chi connectivity index (χ1) is 9.58. The SMILES string of the molecule is CCNc1cc(C(=O)NN2CCN(C)CC2)cc(Cl)n1. The maximum absolute atomic E-state index is 12.2. The summed E-state index contributed by atoms with van der Waals surface area (Å²) < 4.78 is 0. The topological polar surface area (TPSA) is 60.5 Å². The van der Waals surface area contributed by atoms with Crippen molar-refractivity contribution in [2.45, 2.75) is 6.92 Å². The van der Waals surface area contributed by atoms with Crippen LogP contribution in [-0.2, 0) is 0 Å². The smallest absolute Gasteiger partial charge is 0.265 e. The van der Waals surface area contributed by atoms with E-state index in [1.54, 1.807) is 12.1 Å². The monoisotopic (exact) mass is 297 g/mol. The largest absolute Gasteiger partial charge is 0.370 e. The maximum Gasteiger partial charge on any atom is 0.265 e. The molecule has 6 nitrogen and oxygen atoms in total. The highest BCUT2D eigenvalue weighted by Gasteiger charge is 2.17. The van der Waals surface area contributed by atoms with E-state index in [0.717, 1.165) is 32.7 Å². The predicted molar refractivity (Wildman–Crippen MR) is 79.9 cm³/mol. The average Bonchev–Trinajstić information content (AvgIpc) is 2.41. The van der Waals surface area contributed by atoms with E-state index in [4.69, 9.17) is 11.6 Å². The first-order valence-electron chi connectivity index (χ1n) is 6.74. The average molecular weight is 298 g/mol. The molecule has 0 aromatic carbocycles. The highest BCUT2D eigenvalue weighted by atomic mass is 35.5. The summed E-state index contributed by atoms with van der Waals surface area (Å²) in [4.78, 5) is 18.6. The van der Waals surface area contributed by atoms with Crippen molar-refractivity contribution in [1.82, 2.24) is 20.3 Å². The number of rotatable bonds is 4. The van der Waals surface area contributed by atoms with E-state index in [2.05, 4.69) is 27.7 Å². The van der Waals surface area contributed by atoms with Gasteiger partial charge in [0.25, 0.3) is 5.91 Å². The first-order valence-corrected chi connectivity index (χ1v) is 7.12. The molecule has 1 saturated heterocycles. The predicted octanol–water partition coefficient (Wildman–Crippen LogP) is 1.06. The molecule has 20 heavy (non-hydrogen) atoms. The van der Waals surface area contributed by atoms with Crippen molar-refractivity contribution < 1.29 is 4.79 Å². The number of hydrogen-bond acceptors (Lipinski definition) is 5. The van der Waals surface area contributed by atoms with Gasteiger partial charge in [-0.1, -0.05) is 11.6 Å². The Morgan fingerprint density at radius 1 is 1.35 bits per heavy atom. The summed E-state index contributed by atoms with van der Waals surface area (Å²) in [5.74, 6) is 0.460. The van der Waals surface area contributed by atoms with E-state index in [0.29, 0.717) is 16.5 Å². The number of amides is 1. The molecular formula is C13H20ClN5O. The standard InChI is InChI=1S/C13H20ClN5O/c1-3-15-12-9-10(8-11(14)16-12)13(20)17-19-6-4-18(2)5-7-19/h8-9H,3-7H2,1-2H3,(H,15,16)(H,17,20). The molecule has 0 radical (unpaired) electrons. The summed E-state index contributed by atoms with van der Waals surface area (Å²) >= 11 is 5.94. The number of aromatic nitrogens is 1. The lowest BCUT2D eigenvalue weighted by atomic mass is 10.2. The van der Waals surface area contributed by atoms with E-state index in [9.17, 15) is 4.79 Å². The number of anilines is 1. The highest BCUT2D eigenvalue weighted by molar-refractivity contribution is 6.29. The molecule has 0 atom stereocenters. The molecular weight excluding hydrogens is 278 g/mol. The van der Waals surface area contributed by atoms with Crippen molar-refractivity contribution in [3.05, 3.63) is 22.8 Å². The summed E-state index contributed by atoms with van der Waals surface area (Å²) in [7, 11) is 2.07. The molecule has 0 bridgehead atoms. The number of nitrogens with zero attached hydrogens (tertiary/aromatic N) is 3. The Bertz CT molecular complexity index is 474. The zero-order chi connectivity index (χ0) is 14.5. The van der Waals surface area contributed by atoms with Gasteiger partial charge in [0.2, 0.25) is 0 Å². The molecule has 0 unspecified atom stereocenters. The van der Waals surface area contributed by atoms with Gasteiger partial charge in [-0.25, -0.2) is 9.99 Å². The molecule has 1 aromatic heterocycles. The summed E-state index contributed by atoms with van der Waals surface area (Å²) in [6.07, 6.45) is 0. The lowest BCUT2D eigenvalue weighted by molar-refractivity contribution is 0.0662. The lowest BCUT2D eigenvalue weighted by Crippen LogP contribution is -2.52. The number of likely N-dealkylation sites (N-methyl/N-ethyl adjacent to an activating group) is 1. The molecule has 2 N–H and O–H groups in total. The molecule has 1 aliphatic rings. The van der Waals surface area contributed by atoms with Crippen LogP contribution in [0.3, 0.4) is 0 Å². The molecule has 0 spiro atoms. The van der Waals surface area contributed by atoms with E-state index in [1.807, 2.05) is 11.9 Å². The van der Waals surface area contributed by atoms with E-state index >= 15 is 0 Å². The van der Waals surface area contributed by atoms with Crippen LogP contribution < -0.4 is 10.7 Å². The summed E-state index contributed by atoms with van der Waals surface area (Å²) in [5.41, 5.74) is 3.42. The van der Waals surface area contributed by atoms with E-state index < -0.39 is 0 Å². The van der Waals surface area contributed by atoms with Crippen LogP contribution in [0.25, 0.3) is 0 Å². The molecule has 1 fully saturated rings. The molecule has 1 amide bonds. The number of carbonyl (C=O) groups is 1. The summed E-state index contributed by atoms with van der Waals surface area (Å²) in [6, 6.07) is 3.29. The quantitative estimate of drug-likeness (QED) is 0.814. The van der Waals surface area contributed by atoms with Gasteiger partial charge >= 0.3 is 0 Å². The number of nitrogens with one attached hydrogen (secondary N) is 2. The van der Waals surface area contributed by atoms with Crippen LogP contribution in [0.5, 0.6) is 0 Å². The van der Waals surface area contributed by atoms with Gasteiger partial charge in [0, 0.05) is 38.3 Å². The molecule has 0 saturated carbocycles. The van der Waals surface area contributed by atoms with E-state index in [-0.39, 0.29) is 5.91 Å². The minimum Gasteiger partial charge on any atom is -0.370 e. The van der Waals surface area contributed by atoms with Crippen LogP contribution in [-0.4, -0.2) is 60.6 Å². The fourth-order valence-corrected chi connectivity index (χ4v) is 2.23. The molecule has 0 aliphatic carbocycles. The van der Waals surface area contributed by atoms with E-state index in [1.165, 1.54) is 0 Å². The van der Waals surface area contributed by atoms with Crippen molar-refractivity contribution in [2.75, 3.05) is 45.1 Å². The number of piperazine rings is 1. The Morgan fingerprint density at radius 3 is 2.70 bits per heavy atom. The Labute approximate surface area is 124 Å². The minimum absolute atomic E-state index is 0.155. The molecule has 110 valence electrons. The first kappa shape index (κ1) is 15.0. The van der Waals surface area contributed by atoms with Crippen LogP contribution >= 0.6 is 11.6 Å². The highest BCUT2D eigenvalue weighted by Crippen LogP contribution is 2.14. The van der Waals surface area contributed by atoms with Gasteiger partial charge < -0.3 is 10.2 Å². The number of carbonyl (C=O) groups excluding carboxylic acids is 1. The third-order valence-corrected chi connectivity index (χ3v) is 3.37. The van der Waals surface area contributed by atoms with Crippen molar-refractivity contribution in [2.24, 2.45) is 0 Å². The van der Waals surface area contributed by atoms with Crippen LogP contribution in [0.15, 0.2) is 12.1 Å². The number of hydrazine groups is 1. The van der Waals surface area contributed by atoms with Crippen LogP contribution in [0, 0.1) is 0 Å². The molecule has 1 aliphatic heterocycles. The second-order valence-corrected chi connectivity index (χ2v) is 5.21. The van der Waals surface area contributed by atoms with Gasteiger partial charge in [0.15, 0.2) is 0 Å².